The van der Waals surface area contributed by atoms with E-state index in [1.165, 1.54) is 13.2 Å². The third-order valence-corrected chi connectivity index (χ3v) is 4.73. The van der Waals surface area contributed by atoms with Gasteiger partial charge >= 0.3 is 5.97 Å². The lowest BCUT2D eigenvalue weighted by Gasteiger charge is -2.07. The smallest absolute Gasteiger partial charge is 0.303 e. The van der Waals surface area contributed by atoms with Gasteiger partial charge in [0.2, 0.25) is 9.84 Å². The molecular formula is C12H12O5S. The number of fused-ring (bicyclic) bond motifs is 1. The lowest BCUT2D eigenvalue weighted by Crippen LogP contribution is -2.05. The van der Waals surface area contributed by atoms with Crippen LogP contribution in [0.1, 0.15) is 18.4 Å². The average molecular weight is 268 g/mol. The third-order valence-electron chi connectivity index (χ3n) is 2.74. The molecule has 0 saturated carbocycles. The van der Waals surface area contributed by atoms with E-state index in [9.17, 15) is 13.2 Å². The Labute approximate surface area is 105 Å². The maximum absolute atomic E-state index is 12.2. The summed E-state index contributed by atoms with van der Waals surface area (Å²) in [5.41, 5.74) is 0.551. The zero-order chi connectivity index (χ0) is 13.3. The monoisotopic (exact) mass is 268 g/mol. The highest BCUT2D eigenvalue weighted by Gasteiger charge is 2.32. The second kappa shape index (κ2) is 4.45. The van der Waals surface area contributed by atoms with E-state index >= 15 is 0 Å². The summed E-state index contributed by atoms with van der Waals surface area (Å²) in [6, 6.07) is 4.94. The number of carboxylic acids is 1. The fourth-order valence-corrected chi connectivity index (χ4v) is 3.68. The highest BCUT2D eigenvalue weighted by Crippen LogP contribution is 2.40. The second-order valence-electron chi connectivity index (χ2n) is 3.89. The van der Waals surface area contributed by atoms with E-state index in [4.69, 9.17) is 9.84 Å². The molecule has 2 rings (SSSR count). The van der Waals surface area contributed by atoms with Crippen LogP contribution in [-0.2, 0) is 14.6 Å². The van der Waals surface area contributed by atoms with E-state index in [2.05, 4.69) is 0 Å². The minimum atomic E-state index is -3.61. The number of allylic oxidation sites excluding steroid dienone is 1. The Balaban J connectivity index is 2.44. The molecule has 0 bridgehead atoms. The Morgan fingerprint density at radius 2 is 2.11 bits per heavy atom. The molecule has 0 unspecified atom stereocenters. The second-order valence-corrected chi connectivity index (χ2v) is 5.83. The molecule has 1 aliphatic heterocycles. The highest BCUT2D eigenvalue weighted by molar-refractivity contribution is 7.96. The van der Waals surface area contributed by atoms with Gasteiger partial charge in [-0.1, -0.05) is 12.1 Å². The number of hydrogen-bond donors (Lipinski definition) is 1. The van der Waals surface area contributed by atoms with Crippen LogP contribution in [0.2, 0.25) is 0 Å². The standard InChI is InChI=1S/C12H12O5S/c1-17-10-4-2-3-8-7-9(5-6-11(13)14)18(15,16)12(8)10/h2-4,7H,5-6H2,1H3,(H,13,14). The molecule has 96 valence electrons. The van der Waals surface area contributed by atoms with Crippen LogP contribution in [0.3, 0.4) is 0 Å². The molecule has 0 aromatic heterocycles. The predicted octanol–water partition coefficient (Wildman–Crippen LogP) is 1.69. The van der Waals surface area contributed by atoms with Crippen LogP contribution in [0, 0.1) is 0 Å². The molecule has 1 heterocycles. The van der Waals surface area contributed by atoms with Crippen LogP contribution < -0.4 is 4.74 Å². The number of carboxylic acid groups (broad SMARTS) is 1. The summed E-state index contributed by atoms with van der Waals surface area (Å²) in [5, 5.41) is 8.62. The normalized spacial score (nSPS) is 15.9. The number of aliphatic carboxylic acids is 1. The summed E-state index contributed by atoms with van der Waals surface area (Å²) in [5.74, 6) is -0.733. The van der Waals surface area contributed by atoms with E-state index < -0.39 is 15.8 Å². The molecule has 18 heavy (non-hydrogen) atoms. The zero-order valence-electron chi connectivity index (χ0n) is 9.71. The van der Waals surface area contributed by atoms with Crippen LogP contribution in [-0.4, -0.2) is 26.6 Å². The number of methoxy groups -OCH3 is 1. The van der Waals surface area contributed by atoms with Crippen molar-refractivity contribution in [3.05, 3.63) is 28.7 Å². The number of sulfone groups is 1. The fourth-order valence-electron chi connectivity index (χ4n) is 1.91. The quantitative estimate of drug-likeness (QED) is 0.898. The maximum atomic E-state index is 12.2. The number of rotatable bonds is 4. The third kappa shape index (κ3) is 1.99. The molecule has 0 radical (unpaired) electrons. The Morgan fingerprint density at radius 1 is 1.39 bits per heavy atom. The number of benzene rings is 1. The van der Waals surface area contributed by atoms with Crippen molar-refractivity contribution in [2.24, 2.45) is 0 Å². The van der Waals surface area contributed by atoms with Crippen molar-refractivity contribution in [1.82, 2.24) is 0 Å². The summed E-state index contributed by atoms with van der Waals surface area (Å²) in [4.78, 5) is 10.8. The molecule has 0 spiro atoms. The van der Waals surface area contributed by atoms with E-state index in [-0.39, 0.29) is 28.4 Å². The van der Waals surface area contributed by atoms with Gasteiger partial charge in [-0.3, -0.25) is 4.79 Å². The fraction of sp³-hybridized carbons (Fsp3) is 0.250. The summed E-state index contributed by atoms with van der Waals surface area (Å²) in [7, 11) is -2.21. The zero-order valence-corrected chi connectivity index (χ0v) is 10.5. The van der Waals surface area contributed by atoms with Crippen LogP contribution in [0.5, 0.6) is 5.75 Å². The van der Waals surface area contributed by atoms with Crippen LogP contribution >= 0.6 is 0 Å². The van der Waals surface area contributed by atoms with E-state index in [1.54, 1.807) is 18.2 Å². The molecule has 0 saturated heterocycles. The van der Waals surface area contributed by atoms with Crippen LogP contribution in [0.15, 0.2) is 28.0 Å². The van der Waals surface area contributed by atoms with E-state index in [0.29, 0.717) is 5.56 Å². The average Bonchev–Trinajstić information content (AvgIpc) is 2.58. The molecule has 1 N–H and O–H groups in total. The largest absolute Gasteiger partial charge is 0.495 e. The first-order chi connectivity index (χ1) is 8.46. The van der Waals surface area contributed by atoms with Gasteiger partial charge in [-0.25, -0.2) is 8.42 Å². The molecule has 0 fully saturated rings. The van der Waals surface area contributed by atoms with Crippen molar-refractivity contribution in [2.75, 3.05) is 7.11 Å². The van der Waals surface area contributed by atoms with Gasteiger partial charge in [-0.15, -0.1) is 0 Å². The number of hydrogen-bond acceptors (Lipinski definition) is 4. The Morgan fingerprint density at radius 3 is 2.72 bits per heavy atom. The van der Waals surface area contributed by atoms with Crippen molar-refractivity contribution < 1.29 is 23.1 Å². The lowest BCUT2D eigenvalue weighted by atomic mass is 10.2. The Bertz CT molecular complexity index is 628. The first-order valence-electron chi connectivity index (χ1n) is 5.31. The van der Waals surface area contributed by atoms with Gasteiger partial charge in [-0.2, -0.15) is 0 Å². The van der Waals surface area contributed by atoms with Gasteiger partial charge < -0.3 is 9.84 Å². The topological polar surface area (TPSA) is 80.7 Å². The number of carbonyl (C=O) groups is 1. The molecular weight excluding hydrogens is 256 g/mol. The van der Waals surface area contributed by atoms with Crippen LogP contribution in [0.4, 0.5) is 0 Å². The van der Waals surface area contributed by atoms with Crippen LogP contribution in [0.25, 0.3) is 6.08 Å². The first kappa shape index (κ1) is 12.6. The summed E-state index contributed by atoms with van der Waals surface area (Å²) in [6.45, 7) is 0. The SMILES string of the molecule is COc1cccc2c1S(=O)(=O)C(CCC(=O)O)=C2. The van der Waals surface area contributed by atoms with E-state index in [0.717, 1.165) is 0 Å². The van der Waals surface area contributed by atoms with Crippen molar-refractivity contribution in [3.63, 3.8) is 0 Å². The molecule has 1 aromatic rings. The van der Waals surface area contributed by atoms with Gasteiger partial charge in [0.05, 0.1) is 18.4 Å². The predicted molar refractivity (Wildman–Crippen MR) is 65.0 cm³/mol. The van der Waals surface area contributed by atoms with Gasteiger partial charge in [0.15, 0.2) is 0 Å². The van der Waals surface area contributed by atoms with Crippen molar-refractivity contribution in [1.29, 1.82) is 0 Å². The minimum absolute atomic E-state index is 0.00446. The van der Waals surface area contributed by atoms with Crippen molar-refractivity contribution >= 4 is 21.9 Å². The van der Waals surface area contributed by atoms with Gasteiger partial charge in [0.25, 0.3) is 0 Å². The summed E-state index contributed by atoms with van der Waals surface area (Å²) in [6.07, 6.45) is 1.30. The van der Waals surface area contributed by atoms with Crippen molar-refractivity contribution in [2.45, 2.75) is 17.7 Å². The lowest BCUT2D eigenvalue weighted by molar-refractivity contribution is -0.136. The summed E-state index contributed by atoms with van der Waals surface area (Å²) >= 11 is 0. The molecule has 0 amide bonds. The molecule has 0 aliphatic carbocycles. The first-order valence-corrected chi connectivity index (χ1v) is 6.79. The van der Waals surface area contributed by atoms with E-state index in [1.807, 2.05) is 0 Å². The molecule has 1 aliphatic rings. The van der Waals surface area contributed by atoms with Gasteiger partial charge in [0, 0.05) is 0 Å². The maximum Gasteiger partial charge on any atom is 0.303 e. The van der Waals surface area contributed by atoms with Crippen molar-refractivity contribution in [3.8, 4) is 5.75 Å². The molecule has 5 nitrogen and oxygen atoms in total. The molecule has 6 heteroatoms. The summed E-state index contributed by atoms with van der Waals surface area (Å²) < 4.78 is 29.5. The Hall–Kier alpha value is -1.82. The highest BCUT2D eigenvalue weighted by atomic mass is 32.2. The van der Waals surface area contributed by atoms with Gasteiger partial charge in [-0.05, 0) is 24.1 Å². The minimum Gasteiger partial charge on any atom is -0.495 e. The van der Waals surface area contributed by atoms with Gasteiger partial charge in [0.1, 0.15) is 10.6 Å². The Kier molecular flexibility index (Phi) is 3.13. The molecule has 0 atom stereocenters. The number of ether oxygens (including phenoxy) is 1. The molecule has 1 aromatic carbocycles.